The molecule has 0 aromatic rings. The first kappa shape index (κ1) is 9.96. The van der Waals surface area contributed by atoms with Crippen molar-refractivity contribution in [1.29, 1.82) is 0 Å². The van der Waals surface area contributed by atoms with Crippen molar-refractivity contribution in [2.45, 2.75) is 24.9 Å². The number of nitrogens with one attached hydrogen (secondary N) is 1. The normalized spacial score (nSPS) is 30.0. The lowest BCUT2D eigenvalue weighted by Crippen LogP contribution is -2.51. The van der Waals surface area contributed by atoms with Gasteiger partial charge in [0.15, 0.2) is 0 Å². The van der Waals surface area contributed by atoms with Crippen LogP contribution in [-0.2, 0) is 0 Å². The molecule has 3 nitrogen and oxygen atoms in total. The topological polar surface area (TPSA) is 38.0 Å². The number of hydrogen-bond acceptors (Lipinski definition) is 2. The molecule has 1 saturated carbocycles. The number of likely N-dealkylation sites (N-methyl/N-ethyl adjacent to an activating group) is 1. The molecule has 0 aromatic carbocycles. The van der Waals surface area contributed by atoms with Crippen LogP contribution in [0.25, 0.3) is 0 Å². The molecular formula is C9H22N3+. The summed E-state index contributed by atoms with van der Waals surface area (Å²) in [6.45, 7) is 2.30. The highest BCUT2D eigenvalue weighted by atomic mass is 15.3. The Bertz CT molecular complexity index is 133. The third kappa shape index (κ3) is 3.52. The maximum absolute atomic E-state index is 5.68. The molecule has 0 bridgehead atoms. The van der Waals surface area contributed by atoms with Crippen LogP contribution in [0.5, 0.6) is 0 Å². The second kappa shape index (κ2) is 3.73. The Morgan fingerprint density at radius 3 is 2.33 bits per heavy atom. The Hall–Kier alpha value is -0.120. The maximum atomic E-state index is 5.68. The van der Waals surface area contributed by atoms with E-state index in [2.05, 4.69) is 26.5 Å². The molecule has 0 saturated heterocycles. The molecule has 3 heteroatoms. The van der Waals surface area contributed by atoms with Gasteiger partial charge in [-0.3, -0.25) is 0 Å². The summed E-state index contributed by atoms with van der Waals surface area (Å²) in [7, 11) is 6.65. The zero-order valence-corrected chi connectivity index (χ0v) is 8.51. The predicted molar refractivity (Wildman–Crippen MR) is 51.9 cm³/mol. The minimum atomic E-state index is 0.464. The Labute approximate surface area is 75.5 Å². The minimum absolute atomic E-state index is 0.464. The molecule has 0 spiro atoms. The minimum Gasteiger partial charge on any atom is -0.330 e. The van der Waals surface area contributed by atoms with Crippen molar-refractivity contribution >= 4 is 0 Å². The molecule has 12 heavy (non-hydrogen) atoms. The second-order valence-corrected chi connectivity index (χ2v) is 4.90. The maximum Gasteiger partial charge on any atom is 0.0907 e. The smallest absolute Gasteiger partial charge is 0.0907 e. The van der Waals surface area contributed by atoms with Gasteiger partial charge in [0.2, 0.25) is 0 Å². The van der Waals surface area contributed by atoms with Crippen molar-refractivity contribution in [2.24, 2.45) is 5.73 Å². The van der Waals surface area contributed by atoms with Crippen LogP contribution < -0.4 is 11.1 Å². The van der Waals surface area contributed by atoms with E-state index in [1.54, 1.807) is 0 Å². The number of nitrogens with zero attached hydrogens (tertiary/aromatic N) is 1. The molecule has 0 unspecified atom stereocenters. The van der Waals surface area contributed by atoms with E-state index in [0.717, 1.165) is 23.9 Å². The first-order valence-corrected chi connectivity index (χ1v) is 4.77. The number of rotatable bonds is 4. The Balaban J connectivity index is 1.97. The highest BCUT2D eigenvalue weighted by Crippen LogP contribution is 2.16. The first-order valence-electron chi connectivity index (χ1n) is 4.77. The first-order chi connectivity index (χ1) is 5.47. The fraction of sp³-hybridized carbons (Fsp3) is 1.00. The van der Waals surface area contributed by atoms with Crippen molar-refractivity contribution in [3.8, 4) is 0 Å². The molecule has 0 heterocycles. The van der Waals surface area contributed by atoms with Gasteiger partial charge < -0.3 is 15.5 Å². The zero-order chi connectivity index (χ0) is 9.19. The van der Waals surface area contributed by atoms with Gasteiger partial charge in [-0.25, -0.2) is 0 Å². The molecular weight excluding hydrogens is 150 g/mol. The van der Waals surface area contributed by atoms with Crippen molar-refractivity contribution in [3.63, 3.8) is 0 Å². The van der Waals surface area contributed by atoms with Gasteiger partial charge in [0.25, 0.3) is 0 Å². The average Bonchev–Trinajstić information content (AvgIpc) is 1.81. The molecule has 0 radical (unpaired) electrons. The number of quaternary nitrogens is 1. The highest BCUT2D eigenvalue weighted by Gasteiger charge is 2.25. The summed E-state index contributed by atoms with van der Waals surface area (Å²) >= 11 is 0. The summed E-state index contributed by atoms with van der Waals surface area (Å²) in [5, 5.41) is 3.51. The summed E-state index contributed by atoms with van der Waals surface area (Å²) in [6.07, 6.45) is 2.33. The average molecular weight is 172 g/mol. The van der Waals surface area contributed by atoms with E-state index in [9.17, 15) is 0 Å². The molecule has 0 aromatic heterocycles. The van der Waals surface area contributed by atoms with Crippen molar-refractivity contribution in [2.75, 3.05) is 34.2 Å². The van der Waals surface area contributed by atoms with Gasteiger partial charge in [0.1, 0.15) is 0 Å². The van der Waals surface area contributed by atoms with Gasteiger partial charge in [0, 0.05) is 18.6 Å². The molecule has 1 aliphatic carbocycles. The van der Waals surface area contributed by atoms with Gasteiger partial charge in [-0.15, -0.1) is 0 Å². The Morgan fingerprint density at radius 2 is 1.92 bits per heavy atom. The van der Waals surface area contributed by atoms with E-state index in [0.29, 0.717) is 12.1 Å². The van der Waals surface area contributed by atoms with E-state index in [4.69, 9.17) is 5.73 Å². The Kier molecular flexibility index (Phi) is 3.09. The van der Waals surface area contributed by atoms with E-state index in [-0.39, 0.29) is 0 Å². The third-order valence-electron chi connectivity index (χ3n) is 2.39. The lowest BCUT2D eigenvalue weighted by molar-refractivity contribution is -0.869. The van der Waals surface area contributed by atoms with Gasteiger partial charge >= 0.3 is 0 Å². The molecule has 0 amide bonds. The van der Waals surface area contributed by atoms with E-state index >= 15 is 0 Å². The predicted octanol–water partition coefficient (Wildman–Crippen LogP) is -0.228. The summed E-state index contributed by atoms with van der Waals surface area (Å²) in [4.78, 5) is 0. The molecule has 0 atom stereocenters. The van der Waals surface area contributed by atoms with E-state index in [1.807, 2.05) is 0 Å². The zero-order valence-electron chi connectivity index (χ0n) is 8.51. The van der Waals surface area contributed by atoms with Crippen molar-refractivity contribution < 1.29 is 4.48 Å². The van der Waals surface area contributed by atoms with Crippen LogP contribution in [-0.4, -0.2) is 50.8 Å². The van der Waals surface area contributed by atoms with Crippen LogP contribution in [0.2, 0.25) is 0 Å². The Morgan fingerprint density at radius 1 is 1.33 bits per heavy atom. The summed E-state index contributed by atoms with van der Waals surface area (Å²) in [5.41, 5.74) is 5.68. The van der Waals surface area contributed by atoms with Gasteiger partial charge in [-0.1, -0.05) is 0 Å². The van der Waals surface area contributed by atoms with Crippen LogP contribution in [0, 0.1) is 0 Å². The molecule has 1 aliphatic rings. The molecule has 0 aliphatic heterocycles. The number of hydrogen-bond donors (Lipinski definition) is 2. The van der Waals surface area contributed by atoms with Crippen LogP contribution in [0.3, 0.4) is 0 Å². The lowest BCUT2D eigenvalue weighted by atomic mass is 9.88. The molecule has 1 fully saturated rings. The van der Waals surface area contributed by atoms with Crippen LogP contribution in [0.1, 0.15) is 12.8 Å². The number of nitrogens with two attached hydrogens (primary N) is 1. The van der Waals surface area contributed by atoms with Crippen molar-refractivity contribution in [3.05, 3.63) is 0 Å². The molecule has 72 valence electrons. The highest BCUT2D eigenvalue weighted by molar-refractivity contribution is 4.87. The van der Waals surface area contributed by atoms with Gasteiger partial charge in [0.05, 0.1) is 27.7 Å². The van der Waals surface area contributed by atoms with Crippen LogP contribution >= 0.6 is 0 Å². The SMILES string of the molecule is C[N+](C)(C)CCNC1CC(N)C1. The summed E-state index contributed by atoms with van der Waals surface area (Å²) < 4.78 is 1.03. The summed E-state index contributed by atoms with van der Waals surface area (Å²) in [5.74, 6) is 0. The van der Waals surface area contributed by atoms with E-state index in [1.165, 1.54) is 6.54 Å². The van der Waals surface area contributed by atoms with Crippen molar-refractivity contribution in [1.82, 2.24) is 5.32 Å². The summed E-state index contributed by atoms with van der Waals surface area (Å²) in [6, 6.07) is 1.16. The van der Waals surface area contributed by atoms with Crippen LogP contribution in [0.4, 0.5) is 0 Å². The second-order valence-electron chi connectivity index (χ2n) is 4.90. The van der Waals surface area contributed by atoms with E-state index < -0.39 is 0 Å². The molecule has 3 N–H and O–H groups in total. The monoisotopic (exact) mass is 172 g/mol. The van der Waals surface area contributed by atoms with Gasteiger partial charge in [-0.2, -0.15) is 0 Å². The fourth-order valence-electron chi connectivity index (χ4n) is 1.43. The van der Waals surface area contributed by atoms with Crippen LogP contribution in [0.15, 0.2) is 0 Å². The van der Waals surface area contributed by atoms with Gasteiger partial charge in [-0.05, 0) is 12.8 Å². The standard InChI is InChI=1S/C9H22N3/c1-12(2,3)5-4-11-9-6-8(10)7-9/h8-9,11H,4-7,10H2,1-3H3/q+1. The lowest BCUT2D eigenvalue weighted by Gasteiger charge is -2.34. The molecule has 1 rings (SSSR count). The quantitative estimate of drug-likeness (QED) is 0.575. The largest absolute Gasteiger partial charge is 0.330 e. The fourth-order valence-corrected chi connectivity index (χ4v) is 1.43. The third-order valence-corrected chi connectivity index (χ3v) is 2.39.